The third-order valence-corrected chi connectivity index (χ3v) is 7.42. The predicted octanol–water partition coefficient (Wildman–Crippen LogP) is -1.61. The van der Waals surface area contributed by atoms with Gasteiger partial charge in [-0.2, -0.15) is 0 Å². The van der Waals surface area contributed by atoms with Crippen molar-refractivity contribution in [3.8, 4) is 0 Å². The summed E-state index contributed by atoms with van der Waals surface area (Å²) in [4.78, 5) is 28.2. The first kappa shape index (κ1) is 28.6. The molecule has 3 saturated heterocycles. The molecule has 1 aromatic rings. The molecule has 212 valence electrons. The number of hydrogen-bond donors (Lipinski definition) is 8. The molecule has 0 spiro atoms. The van der Waals surface area contributed by atoms with Crippen molar-refractivity contribution < 1.29 is 24.5 Å². The molecule has 0 aliphatic carbocycles. The van der Waals surface area contributed by atoms with E-state index in [4.69, 9.17) is 10.5 Å². The van der Waals surface area contributed by atoms with Crippen LogP contribution in [0.4, 0.5) is 10.5 Å². The van der Waals surface area contributed by atoms with Gasteiger partial charge in [0.05, 0.1) is 25.0 Å². The first-order chi connectivity index (χ1) is 18.0. The topological polar surface area (TPSA) is 176 Å². The Kier molecular flexibility index (Phi) is 8.89. The second-order valence-corrected chi connectivity index (χ2v) is 11.2. The number of carbonyl (C=O) groups is 2. The number of nitrogens with two attached hydrogens (primary N) is 1. The van der Waals surface area contributed by atoms with Crippen LogP contribution in [0.25, 0.3) is 0 Å². The summed E-state index contributed by atoms with van der Waals surface area (Å²) in [6, 6.07) is 7.18. The first-order valence-corrected chi connectivity index (χ1v) is 13.1. The summed E-state index contributed by atoms with van der Waals surface area (Å²) in [5, 5.41) is 36.5. The van der Waals surface area contributed by atoms with Gasteiger partial charge < -0.3 is 36.2 Å². The van der Waals surface area contributed by atoms with Gasteiger partial charge in [0.25, 0.3) is 0 Å². The van der Waals surface area contributed by atoms with E-state index in [2.05, 4.69) is 47.4 Å². The van der Waals surface area contributed by atoms with Crippen molar-refractivity contribution in [1.82, 2.24) is 31.1 Å². The van der Waals surface area contributed by atoms with Crippen LogP contribution in [0.2, 0.25) is 0 Å². The van der Waals surface area contributed by atoms with E-state index in [0.717, 1.165) is 0 Å². The number of nitrogens with one attached hydrogen (secondary N) is 5. The highest BCUT2D eigenvalue weighted by Gasteiger charge is 2.51. The molecule has 13 heteroatoms. The van der Waals surface area contributed by atoms with Crippen LogP contribution in [-0.4, -0.2) is 108 Å². The number of likely N-dealkylation sites (N-methyl/N-ethyl adjacent to an activating group) is 1. The second-order valence-electron chi connectivity index (χ2n) is 11.2. The van der Waals surface area contributed by atoms with E-state index in [1.807, 2.05) is 29.2 Å². The van der Waals surface area contributed by atoms with Gasteiger partial charge in [0.1, 0.15) is 24.5 Å². The summed E-state index contributed by atoms with van der Waals surface area (Å²) in [6.45, 7) is 7.57. The minimum atomic E-state index is -1.15. The molecule has 4 rings (SSSR count). The van der Waals surface area contributed by atoms with Crippen molar-refractivity contribution in [3.05, 3.63) is 29.8 Å². The normalized spacial score (nSPS) is 31.6. The number of anilines is 1. The minimum Gasteiger partial charge on any atom is -0.387 e. The van der Waals surface area contributed by atoms with Crippen molar-refractivity contribution in [2.24, 2.45) is 5.73 Å². The molecule has 0 bridgehead atoms. The number of ether oxygens (including phenoxy) is 1. The summed E-state index contributed by atoms with van der Waals surface area (Å²) >= 11 is 0. The van der Waals surface area contributed by atoms with Crippen LogP contribution in [0, 0.1) is 0 Å². The summed E-state index contributed by atoms with van der Waals surface area (Å²) < 4.78 is 6.02. The van der Waals surface area contributed by atoms with E-state index in [-0.39, 0.29) is 49.2 Å². The fourth-order valence-electron chi connectivity index (χ4n) is 5.08. The van der Waals surface area contributed by atoms with Gasteiger partial charge in [-0.15, -0.1) is 0 Å². The number of benzene rings is 1. The van der Waals surface area contributed by atoms with E-state index in [0.29, 0.717) is 19.0 Å². The Bertz CT molecular complexity index is 973. The molecule has 0 saturated carbocycles. The lowest BCUT2D eigenvalue weighted by molar-refractivity contribution is -0.134. The zero-order chi connectivity index (χ0) is 27.6. The van der Waals surface area contributed by atoms with Crippen LogP contribution in [-0.2, 0) is 14.9 Å². The van der Waals surface area contributed by atoms with Crippen LogP contribution >= 0.6 is 0 Å². The Morgan fingerprint density at radius 3 is 2.55 bits per heavy atom. The van der Waals surface area contributed by atoms with Gasteiger partial charge in [0, 0.05) is 38.9 Å². The van der Waals surface area contributed by atoms with Crippen LogP contribution < -0.4 is 32.3 Å². The average molecular weight is 535 g/mol. The molecule has 3 amide bonds. The Morgan fingerprint density at radius 1 is 1.16 bits per heavy atom. The zero-order valence-electron chi connectivity index (χ0n) is 22.5. The van der Waals surface area contributed by atoms with Crippen molar-refractivity contribution in [3.63, 3.8) is 0 Å². The summed E-state index contributed by atoms with van der Waals surface area (Å²) in [6.07, 6.45) is -4.13. The van der Waals surface area contributed by atoms with Gasteiger partial charge in [-0.25, -0.2) is 9.69 Å². The molecule has 9 N–H and O–H groups in total. The highest BCUT2D eigenvalue weighted by molar-refractivity contribution is 5.89. The Balaban J connectivity index is 1.21. The van der Waals surface area contributed by atoms with Gasteiger partial charge in [-0.3, -0.25) is 20.7 Å². The Labute approximate surface area is 223 Å². The van der Waals surface area contributed by atoms with Crippen LogP contribution in [0.1, 0.15) is 32.8 Å². The Morgan fingerprint density at radius 2 is 1.87 bits per heavy atom. The second kappa shape index (κ2) is 11.8. The number of carbonyl (C=O) groups excluding carboxylic acids is 2. The molecule has 1 aromatic carbocycles. The van der Waals surface area contributed by atoms with Crippen molar-refractivity contribution in [1.29, 1.82) is 0 Å². The summed E-state index contributed by atoms with van der Waals surface area (Å²) in [5.41, 5.74) is 7.98. The third-order valence-electron chi connectivity index (χ3n) is 7.42. The summed E-state index contributed by atoms with van der Waals surface area (Å²) in [7, 11) is 1.61. The van der Waals surface area contributed by atoms with E-state index in [9.17, 15) is 19.8 Å². The number of urea groups is 1. The van der Waals surface area contributed by atoms with E-state index in [1.165, 1.54) is 10.5 Å². The predicted molar refractivity (Wildman–Crippen MR) is 142 cm³/mol. The molecule has 38 heavy (non-hydrogen) atoms. The fraction of sp³-hybridized carbons (Fsp3) is 0.680. The highest BCUT2D eigenvalue weighted by atomic mass is 16.6. The van der Waals surface area contributed by atoms with E-state index < -0.39 is 30.6 Å². The summed E-state index contributed by atoms with van der Waals surface area (Å²) in [5.74, 6) is -0.220. The lowest BCUT2D eigenvalue weighted by Crippen LogP contribution is -2.68. The number of amides is 3. The molecule has 4 unspecified atom stereocenters. The molecule has 7 atom stereocenters. The van der Waals surface area contributed by atoms with Crippen LogP contribution in [0.3, 0.4) is 0 Å². The lowest BCUT2D eigenvalue weighted by atomic mass is 9.87. The maximum Gasteiger partial charge on any atom is 0.319 e. The molecular formula is C25H42N8O5. The molecule has 3 aliphatic rings. The van der Waals surface area contributed by atoms with E-state index >= 15 is 0 Å². The number of hydrogen-bond acceptors (Lipinski definition) is 10. The SMILES string of the molecule is CN(C[C@H]1OC(N2CNC3C(N)NCNC32)[C@H](O)[C@@H]1O)C(=O)CCNC(=O)Nc1ccc(C(C)(C)C)cc1. The number of rotatable bonds is 7. The smallest absolute Gasteiger partial charge is 0.319 e. The largest absolute Gasteiger partial charge is 0.387 e. The van der Waals surface area contributed by atoms with E-state index in [1.54, 1.807) is 7.05 Å². The van der Waals surface area contributed by atoms with Crippen molar-refractivity contribution in [2.45, 2.75) is 75.5 Å². The molecule has 3 aliphatic heterocycles. The number of fused-ring (bicyclic) bond motifs is 1. The maximum atomic E-state index is 12.7. The first-order valence-electron chi connectivity index (χ1n) is 13.1. The minimum absolute atomic E-state index is 0.0264. The third kappa shape index (κ3) is 6.43. The van der Waals surface area contributed by atoms with Gasteiger partial charge in [-0.1, -0.05) is 32.9 Å². The van der Waals surface area contributed by atoms with Crippen molar-refractivity contribution in [2.75, 3.05) is 38.8 Å². The number of aliphatic hydroxyl groups excluding tert-OH is 2. The molecule has 13 nitrogen and oxygen atoms in total. The van der Waals surface area contributed by atoms with Gasteiger partial charge in [-0.05, 0) is 23.1 Å². The van der Waals surface area contributed by atoms with Gasteiger partial charge in [0.15, 0.2) is 0 Å². The van der Waals surface area contributed by atoms with Gasteiger partial charge in [0.2, 0.25) is 5.91 Å². The van der Waals surface area contributed by atoms with Gasteiger partial charge >= 0.3 is 6.03 Å². The van der Waals surface area contributed by atoms with Crippen LogP contribution in [0.15, 0.2) is 24.3 Å². The molecule has 3 heterocycles. The number of aliphatic hydroxyl groups is 2. The quantitative estimate of drug-likeness (QED) is 0.203. The number of nitrogens with zero attached hydrogens (tertiary/aromatic N) is 2. The monoisotopic (exact) mass is 534 g/mol. The standard InChI is InChI=1S/C25H42N8O5/c1-25(2,3)14-5-7-15(8-6-14)31-24(37)27-10-9-17(34)32(4)11-16-19(35)20(36)23(38-16)33-13-30-18-21(26)28-12-29-22(18)33/h5-8,16,18-23,28-30,35-36H,9-13,26H2,1-4H3,(H2,27,31,37)/t16-,18?,19-,20-,21?,22?,23?/m1/s1. The lowest BCUT2D eigenvalue weighted by Gasteiger charge is -2.38. The zero-order valence-corrected chi connectivity index (χ0v) is 22.5. The fourth-order valence-corrected chi connectivity index (χ4v) is 5.08. The maximum absolute atomic E-state index is 12.7. The molecule has 0 aromatic heterocycles. The molecular weight excluding hydrogens is 492 g/mol. The highest BCUT2D eigenvalue weighted by Crippen LogP contribution is 2.29. The average Bonchev–Trinajstić information content (AvgIpc) is 3.41. The van der Waals surface area contributed by atoms with Crippen molar-refractivity contribution >= 4 is 17.6 Å². The Hall–Kier alpha value is -2.36. The molecule has 0 radical (unpaired) electrons. The molecule has 3 fully saturated rings. The van der Waals surface area contributed by atoms with Crippen LogP contribution in [0.5, 0.6) is 0 Å².